The Morgan fingerprint density at radius 3 is 2.85 bits per heavy atom. The first-order valence-corrected chi connectivity index (χ1v) is 6.05. The summed E-state index contributed by atoms with van der Waals surface area (Å²) in [6.45, 7) is 1.85. The summed E-state index contributed by atoms with van der Waals surface area (Å²) in [6, 6.07) is 5.75. The quantitative estimate of drug-likeness (QED) is 0.769. The first-order valence-electron chi connectivity index (χ1n) is 6.05. The molecule has 1 aromatic carbocycles. The number of hydrogen-bond donors (Lipinski definition) is 1. The molecule has 0 bridgehead atoms. The Hall–Kier alpha value is -2.76. The zero-order valence-electron chi connectivity index (χ0n) is 11.0. The topological polar surface area (TPSA) is 80.9 Å². The van der Waals surface area contributed by atoms with Crippen molar-refractivity contribution in [3.8, 4) is 11.3 Å². The summed E-state index contributed by atoms with van der Waals surface area (Å²) in [5.41, 5.74) is 3.99. The van der Waals surface area contributed by atoms with Crippen molar-refractivity contribution in [2.75, 3.05) is 0 Å². The number of aromatic carboxylic acids is 1. The maximum absolute atomic E-state index is 11.0. The number of rotatable bonds is 2. The molecule has 0 saturated carbocycles. The fraction of sp³-hybridized carbons (Fsp3) is 0.143. The molecule has 6 heteroatoms. The van der Waals surface area contributed by atoms with Crippen molar-refractivity contribution >= 4 is 17.0 Å². The number of carboxylic acid groups (broad SMARTS) is 1. The number of aromatic nitrogens is 4. The number of aryl methyl sites for hydroxylation is 2. The monoisotopic (exact) mass is 268 g/mol. The second-order valence-electron chi connectivity index (χ2n) is 4.56. The molecule has 0 spiro atoms. The highest BCUT2D eigenvalue weighted by Crippen LogP contribution is 2.27. The predicted octanol–water partition coefficient (Wildman–Crippen LogP) is 2.04. The van der Waals surface area contributed by atoms with Gasteiger partial charge in [-0.3, -0.25) is 0 Å². The van der Waals surface area contributed by atoms with Crippen LogP contribution >= 0.6 is 0 Å². The number of hydrogen-bond acceptors (Lipinski definition) is 4. The van der Waals surface area contributed by atoms with E-state index in [0.717, 1.165) is 22.2 Å². The van der Waals surface area contributed by atoms with Crippen LogP contribution in [0.4, 0.5) is 0 Å². The van der Waals surface area contributed by atoms with Gasteiger partial charge in [0.15, 0.2) is 0 Å². The summed E-state index contributed by atoms with van der Waals surface area (Å²) >= 11 is 0. The number of imidazole rings is 1. The Bertz CT molecular complexity index is 823. The number of fused-ring (bicyclic) bond motifs is 1. The van der Waals surface area contributed by atoms with Gasteiger partial charge >= 0.3 is 5.97 Å². The van der Waals surface area contributed by atoms with Gasteiger partial charge in [-0.05, 0) is 18.6 Å². The SMILES string of the molecule is Cc1cnc(C(=O)O)nc1-c1cccc2c1ncn2C. The lowest BCUT2D eigenvalue weighted by Crippen LogP contribution is -2.06. The molecular formula is C14H12N4O2. The third kappa shape index (κ3) is 1.82. The van der Waals surface area contributed by atoms with Gasteiger partial charge in [0.2, 0.25) is 5.82 Å². The number of nitrogens with zero attached hydrogens (tertiary/aromatic N) is 4. The highest BCUT2D eigenvalue weighted by atomic mass is 16.4. The van der Waals surface area contributed by atoms with E-state index in [1.165, 1.54) is 6.20 Å². The smallest absolute Gasteiger partial charge is 0.373 e. The van der Waals surface area contributed by atoms with Gasteiger partial charge in [-0.2, -0.15) is 0 Å². The van der Waals surface area contributed by atoms with Crippen LogP contribution in [0.3, 0.4) is 0 Å². The van der Waals surface area contributed by atoms with Gasteiger partial charge in [-0.15, -0.1) is 0 Å². The summed E-state index contributed by atoms with van der Waals surface area (Å²) in [4.78, 5) is 23.3. The molecule has 6 nitrogen and oxygen atoms in total. The van der Waals surface area contributed by atoms with E-state index in [1.807, 2.05) is 36.7 Å². The van der Waals surface area contributed by atoms with E-state index in [1.54, 1.807) is 6.33 Å². The average Bonchev–Trinajstić information content (AvgIpc) is 2.81. The van der Waals surface area contributed by atoms with Gasteiger partial charge in [0.1, 0.15) is 0 Å². The van der Waals surface area contributed by atoms with Crippen molar-refractivity contribution in [1.82, 2.24) is 19.5 Å². The van der Waals surface area contributed by atoms with E-state index in [2.05, 4.69) is 15.0 Å². The van der Waals surface area contributed by atoms with Crippen LogP contribution in [0.2, 0.25) is 0 Å². The number of carboxylic acids is 1. The molecule has 3 aromatic rings. The molecule has 0 amide bonds. The van der Waals surface area contributed by atoms with E-state index >= 15 is 0 Å². The molecule has 100 valence electrons. The Morgan fingerprint density at radius 1 is 1.30 bits per heavy atom. The van der Waals surface area contributed by atoms with E-state index in [9.17, 15) is 4.79 Å². The van der Waals surface area contributed by atoms with Gasteiger partial charge in [0.05, 0.1) is 23.1 Å². The molecule has 0 aliphatic heterocycles. The van der Waals surface area contributed by atoms with Crippen LogP contribution in [-0.4, -0.2) is 30.6 Å². The minimum atomic E-state index is -1.14. The van der Waals surface area contributed by atoms with Gasteiger partial charge in [-0.1, -0.05) is 12.1 Å². The fourth-order valence-corrected chi connectivity index (χ4v) is 2.17. The van der Waals surface area contributed by atoms with Crippen LogP contribution < -0.4 is 0 Å². The molecule has 2 aromatic heterocycles. The predicted molar refractivity (Wildman–Crippen MR) is 73.4 cm³/mol. The first-order chi connectivity index (χ1) is 9.58. The van der Waals surface area contributed by atoms with Crippen molar-refractivity contribution in [3.05, 3.63) is 42.1 Å². The minimum Gasteiger partial charge on any atom is -0.475 e. The highest BCUT2D eigenvalue weighted by molar-refractivity contribution is 5.92. The summed E-state index contributed by atoms with van der Waals surface area (Å²) in [6.07, 6.45) is 3.25. The number of carbonyl (C=O) groups is 1. The van der Waals surface area contributed by atoms with Gasteiger partial charge in [0, 0.05) is 18.8 Å². The molecule has 0 atom stereocenters. The lowest BCUT2D eigenvalue weighted by atomic mass is 10.1. The molecule has 0 saturated heterocycles. The molecule has 2 heterocycles. The zero-order valence-corrected chi connectivity index (χ0v) is 11.0. The minimum absolute atomic E-state index is 0.210. The van der Waals surface area contributed by atoms with E-state index < -0.39 is 5.97 Å². The molecule has 20 heavy (non-hydrogen) atoms. The van der Waals surface area contributed by atoms with Crippen LogP contribution in [0.15, 0.2) is 30.7 Å². The Balaban J connectivity index is 2.30. The summed E-state index contributed by atoms with van der Waals surface area (Å²) in [7, 11) is 1.91. The van der Waals surface area contributed by atoms with Gasteiger partial charge in [0.25, 0.3) is 0 Å². The first kappa shape index (κ1) is 12.3. The largest absolute Gasteiger partial charge is 0.475 e. The molecule has 1 N–H and O–H groups in total. The van der Waals surface area contributed by atoms with E-state index in [-0.39, 0.29) is 5.82 Å². The van der Waals surface area contributed by atoms with E-state index in [4.69, 9.17) is 5.11 Å². The molecule has 0 aliphatic rings. The van der Waals surface area contributed by atoms with Crippen LogP contribution in [-0.2, 0) is 7.05 Å². The van der Waals surface area contributed by atoms with Crippen molar-refractivity contribution in [3.63, 3.8) is 0 Å². The van der Waals surface area contributed by atoms with Crippen LogP contribution in [0.25, 0.3) is 22.3 Å². The summed E-state index contributed by atoms with van der Waals surface area (Å²) in [5, 5.41) is 9.02. The molecule has 3 rings (SSSR count). The normalized spacial score (nSPS) is 10.9. The lowest BCUT2D eigenvalue weighted by Gasteiger charge is -2.06. The Labute approximate surface area is 114 Å². The highest BCUT2D eigenvalue weighted by Gasteiger charge is 2.14. The second-order valence-corrected chi connectivity index (χ2v) is 4.56. The van der Waals surface area contributed by atoms with E-state index in [0.29, 0.717) is 5.69 Å². The lowest BCUT2D eigenvalue weighted by molar-refractivity contribution is 0.0683. The Morgan fingerprint density at radius 2 is 2.10 bits per heavy atom. The van der Waals surface area contributed by atoms with Gasteiger partial charge in [-0.25, -0.2) is 19.7 Å². The average molecular weight is 268 g/mol. The summed E-state index contributed by atoms with van der Waals surface area (Å²) < 4.78 is 1.91. The van der Waals surface area contributed by atoms with Crippen LogP contribution in [0.1, 0.15) is 16.2 Å². The van der Waals surface area contributed by atoms with Crippen molar-refractivity contribution < 1.29 is 9.90 Å². The maximum atomic E-state index is 11.0. The number of benzene rings is 1. The molecule has 0 fully saturated rings. The Kier molecular flexibility index (Phi) is 2.71. The second kappa shape index (κ2) is 4.41. The van der Waals surface area contributed by atoms with Crippen molar-refractivity contribution in [2.45, 2.75) is 6.92 Å². The maximum Gasteiger partial charge on any atom is 0.373 e. The molecule has 0 radical (unpaired) electrons. The third-order valence-corrected chi connectivity index (χ3v) is 3.17. The fourth-order valence-electron chi connectivity index (χ4n) is 2.17. The van der Waals surface area contributed by atoms with Crippen molar-refractivity contribution in [2.24, 2.45) is 7.05 Å². The van der Waals surface area contributed by atoms with Crippen molar-refractivity contribution in [1.29, 1.82) is 0 Å². The van der Waals surface area contributed by atoms with Gasteiger partial charge < -0.3 is 9.67 Å². The van der Waals surface area contributed by atoms with Crippen LogP contribution in [0, 0.1) is 6.92 Å². The molecule has 0 aliphatic carbocycles. The zero-order chi connectivity index (χ0) is 14.3. The van der Waals surface area contributed by atoms with Crippen LogP contribution in [0.5, 0.6) is 0 Å². The summed E-state index contributed by atoms with van der Waals surface area (Å²) in [5.74, 6) is -1.35. The standard InChI is InChI=1S/C14H12N4O2/c1-8-6-15-13(14(19)20)17-11(8)9-4-3-5-10-12(9)16-7-18(10)2/h3-7H,1-2H3,(H,19,20). The molecule has 0 unspecified atom stereocenters. The third-order valence-electron chi connectivity index (χ3n) is 3.17. The number of para-hydroxylation sites is 1. The molecular weight excluding hydrogens is 256 g/mol.